The lowest BCUT2D eigenvalue weighted by molar-refractivity contribution is 0.0684. The van der Waals surface area contributed by atoms with Crippen molar-refractivity contribution in [1.82, 2.24) is 9.88 Å². The standard InChI is InChI=1S/C20H21N3O4/c1-13-9-11-23(12-10-13)19(25)14-5-7-15(8-6-14)21-18(24)16-3-2-4-17(22-16)20(26)27/h2-8,13H,9-12H2,1H3,(H,21,24)(H,26,27). The molecule has 2 aromatic rings. The van der Waals surface area contributed by atoms with Crippen LogP contribution >= 0.6 is 0 Å². The van der Waals surface area contributed by atoms with Crippen molar-refractivity contribution in [3.05, 3.63) is 59.4 Å². The van der Waals surface area contributed by atoms with Crippen molar-refractivity contribution in [2.75, 3.05) is 18.4 Å². The van der Waals surface area contributed by atoms with E-state index in [0.717, 1.165) is 25.9 Å². The van der Waals surface area contributed by atoms with E-state index in [2.05, 4.69) is 17.2 Å². The minimum absolute atomic E-state index is 0.00407. The van der Waals surface area contributed by atoms with Gasteiger partial charge in [0.1, 0.15) is 11.4 Å². The highest BCUT2D eigenvalue weighted by molar-refractivity contribution is 6.03. The summed E-state index contributed by atoms with van der Waals surface area (Å²) >= 11 is 0. The number of amides is 2. The second-order valence-corrected chi connectivity index (χ2v) is 6.72. The number of carbonyl (C=O) groups excluding carboxylic acids is 2. The number of carboxylic acid groups (broad SMARTS) is 1. The molecular weight excluding hydrogens is 346 g/mol. The molecule has 0 radical (unpaired) electrons. The van der Waals surface area contributed by atoms with Crippen molar-refractivity contribution in [3.63, 3.8) is 0 Å². The van der Waals surface area contributed by atoms with Gasteiger partial charge in [-0.25, -0.2) is 9.78 Å². The zero-order chi connectivity index (χ0) is 19.4. The zero-order valence-electron chi connectivity index (χ0n) is 15.0. The molecule has 2 heterocycles. The van der Waals surface area contributed by atoms with Gasteiger partial charge in [0.05, 0.1) is 0 Å². The number of nitrogens with one attached hydrogen (secondary N) is 1. The second-order valence-electron chi connectivity index (χ2n) is 6.72. The molecule has 2 amide bonds. The lowest BCUT2D eigenvalue weighted by Crippen LogP contribution is -2.37. The highest BCUT2D eigenvalue weighted by Crippen LogP contribution is 2.19. The summed E-state index contributed by atoms with van der Waals surface area (Å²) in [5.74, 6) is -1.06. The molecule has 7 heteroatoms. The van der Waals surface area contributed by atoms with Crippen molar-refractivity contribution in [2.45, 2.75) is 19.8 Å². The Balaban J connectivity index is 1.65. The molecule has 0 aliphatic carbocycles. The van der Waals surface area contributed by atoms with E-state index in [1.165, 1.54) is 18.2 Å². The summed E-state index contributed by atoms with van der Waals surface area (Å²) in [4.78, 5) is 41.4. The monoisotopic (exact) mass is 367 g/mol. The van der Waals surface area contributed by atoms with Gasteiger partial charge in [-0.2, -0.15) is 0 Å². The Morgan fingerprint density at radius 1 is 1.04 bits per heavy atom. The predicted octanol–water partition coefficient (Wildman–Crippen LogP) is 2.90. The number of aromatic nitrogens is 1. The molecule has 0 bridgehead atoms. The third-order valence-electron chi connectivity index (χ3n) is 4.66. The maximum absolute atomic E-state index is 12.5. The first kappa shape index (κ1) is 18.6. The number of rotatable bonds is 4. The van der Waals surface area contributed by atoms with E-state index in [-0.39, 0.29) is 17.3 Å². The Labute approximate surface area is 157 Å². The zero-order valence-corrected chi connectivity index (χ0v) is 15.0. The first-order valence-electron chi connectivity index (χ1n) is 8.85. The summed E-state index contributed by atoms with van der Waals surface area (Å²) < 4.78 is 0. The number of nitrogens with zero attached hydrogens (tertiary/aromatic N) is 2. The van der Waals surface area contributed by atoms with Crippen LogP contribution < -0.4 is 5.32 Å². The molecule has 1 fully saturated rings. The summed E-state index contributed by atoms with van der Waals surface area (Å²) in [7, 11) is 0. The number of piperidine rings is 1. The predicted molar refractivity (Wildman–Crippen MR) is 99.9 cm³/mol. The number of benzene rings is 1. The third-order valence-corrected chi connectivity index (χ3v) is 4.66. The fourth-order valence-electron chi connectivity index (χ4n) is 2.97. The van der Waals surface area contributed by atoms with Crippen molar-refractivity contribution in [2.24, 2.45) is 5.92 Å². The van der Waals surface area contributed by atoms with Crippen LogP contribution in [0.2, 0.25) is 0 Å². The third kappa shape index (κ3) is 4.49. The SMILES string of the molecule is CC1CCN(C(=O)c2ccc(NC(=O)c3cccc(C(=O)O)n3)cc2)CC1. The smallest absolute Gasteiger partial charge is 0.354 e. The largest absolute Gasteiger partial charge is 0.477 e. The van der Waals surface area contributed by atoms with Crippen LogP contribution in [0, 0.1) is 5.92 Å². The molecule has 1 aliphatic heterocycles. The van der Waals surface area contributed by atoms with Crippen molar-refractivity contribution >= 4 is 23.5 Å². The van der Waals surface area contributed by atoms with E-state index in [1.807, 2.05) is 4.90 Å². The van der Waals surface area contributed by atoms with Crippen molar-refractivity contribution in [1.29, 1.82) is 0 Å². The molecule has 0 spiro atoms. The maximum Gasteiger partial charge on any atom is 0.354 e. The van der Waals surface area contributed by atoms with Crippen molar-refractivity contribution in [3.8, 4) is 0 Å². The van der Waals surface area contributed by atoms with Crippen LogP contribution in [-0.4, -0.2) is 45.9 Å². The molecule has 1 aromatic heterocycles. The molecule has 0 atom stereocenters. The average Bonchev–Trinajstić information content (AvgIpc) is 2.68. The number of anilines is 1. The number of likely N-dealkylation sites (tertiary alicyclic amines) is 1. The van der Waals surface area contributed by atoms with Gasteiger partial charge in [-0.05, 0) is 55.2 Å². The van der Waals surface area contributed by atoms with Gasteiger partial charge in [0, 0.05) is 24.3 Å². The molecule has 1 aliphatic rings. The number of pyridine rings is 1. The Morgan fingerprint density at radius 3 is 2.30 bits per heavy atom. The normalized spacial score (nSPS) is 14.6. The highest BCUT2D eigenvalue weighted by Gasteiger charge is 2.21. The van der Waals surface area contributed by atoms with Gasteiger partial charge in [0.25, 0.3) is 11.8 Å². The van der Waals surface area contributed by atoms with Gasteiger partial charge in [-0.1, -0.05) is 13.0 Å². The van der Waals surface area contributed by atoms with Crippen LogP contribution in [0.25, 0.3) is 0 Å². The Kier molecular flexibility index (Phi) is 5.49. The molecular formula is C20H21N3O4. The Hall–Kier alpha value is -3.22. The lowest BCUT2D eigenvalue weighted by Gasteiger charge is -2.30. The van der Waals surface area contributed by atoms with Crippen LogP contribution in [0.1, 0.15) is 51.1 Å². The second kappa shape index (κ2) is 7.99. The summed E-state index contributed by atoms with van der Waals surface area (Å²) in [5, 5.41) is 11.6. The van der Waals surface area contributed by atoms with E-state index in [1.54, 1.807) is 24.3 Å². The molecule has 140 valence electrons. The summed E-state index contributed by atoms with van der Waals surface area (Å²) in [6, 6.07) is 10.9. The quantitative estimate of drug-likeness (QED) is 0.865. The molecule has 2 N–H and O–H groups in total. The minimum atomic E-state index is -1.19. The summed E-state index contributed by atoms with van der Waals surface area (Å²) in [6.07, 6.45) is 2.03. The molecule has 0 saturated carbocycles. The minimum Gasteiger partial charge on any atom is -0.477 e. The Morgan fingerprint density at radius 2 is 1.67 bits per heavy atom. The van der Waals surface area contributed by atoms with Gasteiger partial charge in [-0.15, -0.1) is 0 Å². The van der Waals surface area contributed by atoms with Gasteiger partial charge >= 0.3 is 5.97 Å². The summed E-state index contributed by atoms with van der Waals surface area (Å²) in [5.41, 5.74) is 0.900. The van der Waals surface area contributed by atoms with Crippen LogP contribution in [0.3, 0.4) is 0 Å². The van der Waals surface area contributed by atoms with Crippen molar-refractivity contribution < 1.29 is 19.5 Å². The van der Waals surface area contributed by atoms with E-state index >= 15 is 0 Å². The molecule has 1 saturated heterocycles. The van der Waals surface area contributed by atoms with Gasteiger partial charge in [0.2, 0.25) is 0 Å². The number of aromatic carboxylic acids is 1. The molecule has 1 aromatic carbocycles. The highest BCUT2D eigenvalue weighted by atomic mass is 16.4. The molecule has 3 rings (SSSR count). The summed E-state index contributed by atoms with van der Waals surface area (Å²) in [6.45, 7) is 3.73. The first-order valence-corrected chi connectivity index (χ1v) is 8.85. The maximum atomic E-state index is 12.5. The van der Waals surface area contributed by atoms with E-state index in [4.69, 9.17) is 5.11 Å². The van der Waals surface area contributed by atoms with Crippen LogP contribution in [0.15, 0.2) is 42.5 Å². The topological polar surface area (TPSA) is 99.6 Å². The molecule has 27 heavy (non-hydrogen) atoms. The number of carboxylic acids is 1. The fraction of sp³-hybridized carbons (Fsp3) is 0.300. The number of hydrogen-bond donors (Lipinski definition) is 2. The van der Waals surface area contributed by atoms with E-state index < -0.39 is 11.9 Å². The molecule has 0 unspecified atom stereocenters. The molecule has 7 nitrogen and oxygen atoms in total. The number of carbonyl (C=O) groups is 3. The van der Waals surface area contributed by atoms with Crippen LogP contribution in [-0.2, 0) is 0 Å². The Bertz CT molecular complexity index is 856. The van der Waals surface area contributed by atoms with Crippen LogP contribution in [0.4, 0.5) is 5.69 Å². The average molecular weight is 367 g/mol. The van der Waals surface area contributed by atoms with E-state index in [0.29, 0.717) is 17.2 Å². The number of hydrogen-bond acceptors (Lipinski definition) is 4. The lowest BCUT2D eigenvalue weighted by atomic mass is 9.98. The fourth-order valence-corrected chi connectivity index (χ4v) is 2.97. The van der Waals surface area contributed by atoms with E-state index in [9.17, 15) is 14.4 Å². The van der Waals surface area contributed by atoms with Gasteiger partial charge < -0.3 is 15.3 Å². The first-order chi connectivity index (χ1) is 12.9. The van der Waals surface area contributed by atoms with Gasteiger partial charge in [-0.3, -0.25) is 9.59 Å². The van der Waals surface area contributed by atoms with Gasteiger partial charge in [0.15, 0.2) is 0 Å². The van der Waals surface area contributed by atoms with Crippen LogP contribution in [0.5, 0.6) is 0 Å².